The minimum atomic E-state index is 0.0630. The van der Waals surface area contributed by atoms with Crippen LogP contribution in [0, 0.1) is 13.8 Å². The summed E-state index contributed by atoms with van der Waals surface area (Å²) in [5.41, 5.74) is 4.70. The van der Waals surface area contributed by atoms with Gasteiger partial charge in [-0.05, 0) is 37.8 Å². The summed E-state index contributed by atoms with van der Waals surface area (Å²) >= 11 is 1.60. The third kappa shape index (κ3) is 3.58. The van der Waals surface area contributed by atoms with Gasteiger partial charge in [0, 0.05) is 17.0 Å². The van der Waals surface area contributed by atoms with Crippen molar-refractivity contribution >= 4 is 21.6 Å². The summed E-state index contributed by atoms with van der Waals surface area (Å²) in [5.74, 6) is 0. The minimum absolute atomic E-state index is 0.0630. The van der Waals surface area contributed by atoms with E-state index in [1.807, 2.05) is 6.07 Å². The van der Waals surface area contributed by atoms with Crippen LogP contribution in [0.2, 0.25) is 0 Å². The van der Waals surface area contributed by atoms with E-state index in [9.17, 15) is 4.79 Å². The summed E-state index contributed by atoms with van der Waals surface area (Å²) in [7, 11) is 0. The molecule has 2 heterocycles. The van der Waals surface area contributed by atoms with Gasteiger partial charge in [-0.2, -0.15) is 0 Å². The molecule has 0 saturated carbocycles. The quantitative estimate of drug-likeness (QED) is 0.470. The molecular weight excluding hydrogens is 352 g/mol. The van der Waals surface area contributed by atoms with Crippen molar-refractivity contribution in [1.29, 1.82) is 0 Å². The predicted molar refractivity (Wildman–Crippen MR) is 114 cm³/mol. The third-order valence-electron chi connectivity index (χ3n) is 4.90. The fourth-order valence-electron chi connectivity index (χ4n) is 3.46. The zero-order chi connectivity index (χ0) is 18.8. The van der Waals surface area contributed by atoms with Crippen molar-refractivity contribution in [2.45, 2.75) is 33.2 Å². The number of hydrogen-bond acceptors (Lipinski definition) is 3. The van der Waals surface area contributed by atoms with Gasteiger partial charge in [-0.3, -0.25) is 9.36 Å². The Labute approximate surface area is 163 Å². The van der Waals surface area contributed by atoms with Gasteiger partial charge in [0.15, 0.2) is 0 Å². The van der Waals surface area contributed by atoms with Gasteiger partial charge in [-0.1, -0.05) is 60.2 Å². The number of aromatic nitrogens is 2. The fraction of sp³-hybridized carbons (Fsp3) is 0.217. The SMILES string of the molecule is Cc1ccc(-c2c(C)sc3ncn(CCCc4ccccc4)c(=O)c23)cc1. The van der Waals surface area contributed by atoms with E-state index in [1.54, 1.807) is 22.2 Å². The first-order valence-corrected chi connectivity index (χ1v) is 10.0. The van der Waals surface area contributed by atoms with Gasteiger partial charge in [0.25, 0.3) is 5.56 Å². The molecule has 0 N–H and O–H groups in total. The maximum atomic E-state index is 13.2. The lowest BCUT2D eigenvalue weighted by Gasteiger charge is -2.07. The summed E-state index contributed by atoms with van der Waals surface area (Å²) in [5, 5.41) is 0.753. The minimum Gasteiger partial charge on any atom is -0.299 e. The van der Waals surface area contributed by atoms with E-state index >= 15 is 0 Å². The highest BCUT2D eigenvalue weighted by Crippen LogP contribution is 2.35. The molecule has 0 amide bonds. The van der Waals surface area contributed by atoms with Gasteiger partial charge in [0.05, 0.1) is 11.7 Å². The average molecular weight is 375 g/mol. The summed E-state index contributed by atoms with van der Waals surface area (Å²) in [6, 6.07) is 18.8. The molecule has 0 spiro atoms. The zero-order valence-corrected chi connectivity index (χ0v) is 16.4. The number of fused-ring (bicyclic) bond motifs is 1. The van der Waals surface area contributed by atoms with E-state index in [2.05, 4.69) is 67.4 Å². The smallest absolute Gasteiger partial charge is 0.262 e. The second-order valence-corrected chi connectivity index (χ2v) is 8.11. The topological polar surface area (TPSA) is 34.9 Å². The van der Waals surface area contributed by atoms with Crippen molar-refractivity contribution in [1.82, 2.24) is 9.55 Å². The molecule has 0 saturated heterocycles. The third-order valence-corrected chi connectivity index (χ3v) is 5.92. The van der Waals surface area contributed by atoms with Crippen LogP contribution in [-0.4, -0.2) is 9.55 Å². The first-order valence-electron chi connectivity index (χ1n) is 9.23. The Morgan fingerprint density at radius 1 is 1.00 bits per heavy atom. The molecule has 0 bridgehead atoms. The Bertz CT molecular complexity index is 1120. The standard InChI is InChI=1S/C23H22N2OS/c1-16-10-12-19(13-11-16)20-17(2)27-22-21(20)23(26)25(15-24-22)14-6-9-18-7-4-3-5-8-18/h3-5,7-8,10-13,15H,6,9,14H2,1-2H3. The molecule has 27 heavy (non-hydrogen) atoms. The van der Waals surface area contributed by atoms with Crippen molar-refractivity contribution in [2.75, 3.05) is 0 Å². The van der Waals surface area contributed by atoms with Crippen LogP contribution >= 0.6 is 11.3 Å². The van der Waals surface area contributed by atoms with Gasteiger partial charge >= 0.3 is 0 Å². The van der Waals surface area contributed by atoms with Crippen LogP contribution in [0.5, 0.6) is 0 Å². The van der Waals surface area contributed by atoms with Crippen LogP contribution in [0.1, 0.15) is 22.4 Å². The first kappa shape index (κ1) is 17.7. The lowest BCUT2D eigenvalue weighted by Crippen LogP contribution is -2.20. The molecule has 0 atom stereocenters. The van der Waals surface area contributed by atoms with E-state index in [1.165, 1.54) is 11.1 Å². The molecule has 0 aliphatic rings. The second-order valence-electron chi connectivity index (χ2n) is 6.91. The van der Waals surface area contributed by atoms with Crippen molar-refractivity contribution in [3.8, 4) is 11.1 Å². The van der Waals surface area contributed by atoms with E-state index in [0.29, 0.717) is 6.54 Å². The molecule has 4 aromatic rings. The lowest BCUT2D eigenvalue weighted by molar-refractivity contribution is 0.618. The maximum absolute atomic E-state index is 13.2. The number of aryl methyl sites for hydroxylation is 4. The van der Waals surface area contributed by atoms with Gasteiger partial charge in [-0.15, -0.1) is 11.3 Å². The van der Waals surface area contributed by atoms with Gasteiger partial charge < -0.3 is 0 Å². The molecule has 0 unspecified atom stereocenters. The highest BCUT2D eigenvalue weighted by molar-refractivity contribution is 7.19. The van der Waals surface area contributed by atoms with Crippen LogP contribution in [0.25, 0.3) is 21.3 Å². The molecule has 136 valence electrons. The highest BCUT2D eigenvalue weighted by atomic mass is 32.1. The molecule has 0 aliphatic carbocycles. The Morgan fingerprint density at radius 2 is 1.74 bits per heavy atom. The van der Waals surface area contributed by atoms with Crippen LogP contribution in [-0.2, 0) is 13.0 Å². The Hall–Kier alpha value is -2.72. The van der Waals surface area contributed by atoms with E-state index < -0.39 is 0 Å². The van der Waals surface area contributed by atoms with Gasteiger partial charge in [0.2, 0.25) is 0 Å². The largest absolute Gasteiger partial charge is 0.299 e. The molecule has 3 nitrogen and oxygen atoms in total. The average Bonchev–Trinajstić information content (AvgIpc) is 3.02. The highest BCUT2D eigenvalue weighted by Gasteiger charge is 2.16. The summed E-state index contributed by atoms with van der Waals surface area (Å²) in [4.78, 5) is 19.7. The second kappa shape index (κ2) is 7.49. The van der Waals surface area contributed by atoms with Crippen molar-refractivity contribution < 1.29 is 0 Å². The molecular formula is C23H22N2OS. The maximum Gasteiger partial charge on any atom is 0.262 e. The van der Waals surface area contributed by atoms with Gasteiger partial charge in [-0.25, -0.2) is 4.98 Å². The van der Waals surface area contributed by atoms with E-state index in [-0.39, 0.29) is 5.56 Å². The molecule has 0 aliphatic heterocycles. The normalized spacial score (nSPS) is 11.2. The van der Waals surface area contributed by atoms with Crippen molar-refractivity contribution in [2.24, 2.45) is 0 Å². The number of hydrogen-bond donors (Lipinski definition) is 0. The monoisotopic (exact) mass is 374 g/mol. The van der Waals surface area contributed by atoms with Crippen LogP contribution < -0.4 is 5.56 Å². The van der Waals surface area contributed by atoms with Crippen molar-refractivity contribution in [3.63, 3.8) is 0 Å². The fourth-order valence-corrected chi connectivity index (χ4v) is 4.47. The van der Waals surface area contributed by atoms with Gasteiger partial charge in [0.1, 0.15) is 4.83 Å². The van der Waals surface area contributed by atoms with E-state index in [4.69, 9.17) is 0 Å². The predicted octanol–water partition coefficient (Wildman–Crippen LogP) is 5.37. The summed E-state index contributed by atoms with van der Waals surface area (Å²) in [6.07, 6.45) is 3.57. The van der Waals surface area contributed by atoms with Crippen LogP contribution in [0.4, 0.5) is 0 Å². The Kier molecular flexibility index (Phi) is 4.90. The van der Waals surface area contributed by atoms with E-state index in [0.717, 1.165) is 39.1 Å². The Morgan fingerprint density at radius 3 is 2.48 bits per heavy atom. The summed E-state index contributed by atoms with van der Waals surface area (Å²) < 4.78 is 1.76. The van der Waals surface area contributed by atoms with Crippen LogP contribution in [0.15, 0.2) is 65.7 Å². The van der Waals surface area contributed by atoms with Crippen LogP contribution in [0.3, 0.4) is 0 Å². The number of benzene rings is 2. The number of thiophene rings is 1. The summed E-state index contributed by atoms with van der Waals surface area (Å²) in [6.45, 7) is 4.82. The molecule has 4 heteroatoms. The molecule has 2 aromatic heterocycles. The molecule has 0 fully saturated rings. The first-order chi connectivity index (χ1) is 13.1. The molecule has 0 radical (unpaired) electrons. The van der Waals surface area contributed by atoms with Crippen molar-refractivity contribution in [3.05, 3.63) is 87.3 Å². The molecule has 2 aromatic carbocycles. The zero-order valence-electron chi connectivity index (χ0n) is 15.6. The number of nitrogens with zero attached hydrogens (tertiary/aromatic N) is 2. The number of rotatable bonds is 5. The lowest BCUT2D eigenvalue weighted by atomic mass is 10.0. The molecule has 4 rings (SSSR count). The Balaban J connectivity index is 1.67.